The molecule has 1 spiro atoms. The zero-order valence-corrected chi connectivity index (χ0v) is 20.9. The van der Waals surface area contributed by atoms with Crippen LogP contribution in [0.5, 0.6) is 0 Å². The topological polar surface area (TPSA) is 53.8 Å². The number of nitrogens with one attached hydrogen (secondary N) is 1. The van der Waals surface area contributed by atoms with Gasteiger partial charge >= 0.3 is 0 Å². The molecule has 0 radical (unpaired) electrons. The number of benzene rings is 2. The summed E-state index contributed by atoms with van der Waals surface area (Å²) in [7, 11) is 0. The Kier molecular flexibility index (Phi) is 7.11. The number of halogens is 3. The molecule has 4 rings (SSSR count). The molecule has 0 atom stereocenters. The molecule has 1 aliphatic carbocycles. The summed E-state index contributed by atoms with van der Waals surface area (Å²) in [5.74, 6) is 0.862. The Morgan fingerprint density at radius 3 is 2.52 bits per heavy atom. The highest BCUT2D eigenvalue weighted by molar-refractivity contribution is 9.10. The third-order valence-electron chi connectivity index (χ3n) is 5.57. The van der Waals surface area contributed by atoms with E-state index in [4.69, 9.17) is 33.2 Å². The summed E-state index contributed by atoms with van der Waals surface area (Å²) in [6.45, 7) is 2.28. The van der Waals surface area contributed by atoms with Gasteiger partial charge in [-0.15, -0.1) is 0 Å². The van der Waals surface area contributed by atoms with Gasteiger partial charge in [0.05, 0.1) is 21.5 Å². The van der Waals surface area contributed by atoms with Crippen LogP contribution in [-0.2, 0) is 4.79 Å². The molecule has 1 aliphatic heterocycles. The molecule has 31 heavy (non-hydrogen) atoms. The lowest BCUT2D eigenvalue weighted by Crippen LogP contribution is -2.28. The summed E-state index contributed by atoms with van der Waals surface area (Å²) in [5, 5.41) is 4.71. The van der Waals surface area contributed by atoms with Crippen LogP contribution in [0.3, 0.4) is 0 Å². The second-order valence-corrected chi connectivity index (χ2v) is 10.7. The maximum absolute atomic E-state index is 12.5. The van der Waals surface area contributed by atoms with E-state index in [1.807, 2.05) is 36.4 Å². The van der Waals surface area contributed by atoms with E-state index in [0.717, 1.165) is 52.2 Å². The SMILES string of the molecule is CC1CCC2(CC1)N=C(SCC(=O)Nc1ccc(Br)cc1)C(c1ccc(Cl)c(Cl)c1)=N2. The fraction of sp³-hybridized carbons (Fsp3) is 0.348. The molecular formula is C23H22BrCl2N3OS. The quantitative estimate of drug-likeness (QED) is 0.446. The van der Waals surface area contributed by atoms with Crippen molar-refractivity contribution in [2.75, 3.05) is 11.1 Å². The summed E-state index contributed by atoms with van der Waals surface area (Å²) in [4.78, 5) is 22.6. The Bertz CT molecular complexity index is 1050. The van der Waals surface area contributed by atoms with E-state index in [2.05, 4.69) is 28.2 Å². The second-order valence-electron chi connectivity index (χ2n) is 8.01. The number of hydrogen-bond acceptors (Lipinski definition) is 4. The Hall–Kier alpha value is -1.34. The standard InChI is InChI=1S/C23H22BrCl2N3OS/c1-14-8-10-23(11-9-14)28-21(15-2-7-18(25)19(26)12-15)22(29-23)31-13-20(30)27-17-5-3-16(24)4-6-17/h2-7,12,14H,8-11,13H2,1H3,(H,27,30). The van der Waals surface area contributed by atoms with Gasteiger partial charge < -0.3 is 5.32 Å². The number of hydrogen-bond donors (Lipinski definition) is 1. The first-order valence-electron chi connectivity index (χ1n) is 10.2. The highest BCUT2D eigenvalue weighted by Crippen LogP contribution is 2.41. The van der Waals surface area contributed by atoms with Crippen LogP contribution in [0.4, 0.5) is 5.69 Å². The van der Waals surface area contributed by atoms with Crippen molar-refractivity contribution >= 4 is 73.2 Å². The number of rotatable bonds is 4. The van der Waals surface area contributed by atoms with Crippen LogP contribution in [0.1, 0.15) is 38.2 Å². The van der Waals surface area contributed by atoms with E-state index < -0.39 is 5.66 Å². The minimum absolute atomic E-state index is 0.0817. The Morgan fingerprint density at radius 2 is 1.84 bits per heavy atom. The molecule has 8 heteroatoms. The van der Waals surface area contributed by atoms with Gasteiger partial charge in [-0.2, -0.15) is 0 Å². The van der Waals surface area contributed by atoms with Gasteiger partial charge in [-0.25, -0.2) is 4.99 Å². The van der Waals surface area contributed by atoms with Crippen molar-refractivity contribution in [1.82, 2.24) is 0 Å². The molecule has 1 fully saturated rings. The second kappa shape index (κ2) is 9.65. The zero-order valence-electron chi connectivity index (χ0n) is 17.0. The molecule has 4 nitrogen and oxygen atoms in total. The molecule has 162 valence electrons. The van der Waals surface area contributed by atoms with E-state index in [0.29, 0.717) is 16.0 Å². The molecular weight excluding hydrogens is 517 g/mol. The van der Waals surface area contributed by atoms with Crippen LogP contribution in [0.2, 0.25) is 10.0 Å². The number of anilines is 1. The van der Waals surface area contributed by atoms with E-state index in [9.17, 15) is 4.79 Å². The fourth-order valence-electron chi connectivity index (χ4n) is 3.77. The first-order chi connectivity index (χ1) is 14.8. The molecule has 2 aliphatic rings. The summed E-state index contributed by atoms with van der Waals surface area (Å²) in [5.41, 5.74) is 2.02. The van der Waals surface area contributed by atoms with Gasteiger partial charge in [0.2, 0.25) is 5.91 Å². The molecule has 0 unspecified atom stereocenters. The van der Waals surface area contributed by atoms with Crippen molar-refractivity contribution < 1.29 is 4.79 Å². The van der Waals surface area contributed by atoms with Crippen LogP contribution in [0.15, 0.2) is 56.9 Å². The minimum atomic E-state index is -0.418. The maximum Gasteiger partial charge on any atom is 0.234 e. The van der Waals surface area contributed by atoms with Crippen molar-refractivity contribution in [3.8, 4) is 0 Å². The van der Waals surface area contributed by atoms with Crippen molar-refractivity contribution in [3.63, 3.8) is 0 Å². The average molecular weight is 539 g/mol. The Balaban J connectivity index is 1.52. The van der Waals surface area contributed by atoms with E-state index in [-0.39, 0.29) is 11.7 Å². The maximum atomic E-state index is 12.5. The van der Waals surface area contributed by atoms with E-state index >= 15 is 0 Å². The van der Waals surface area contributed by atoms with Crippen LogP contribution < -0.4 is 5.32 Å². The molecule has 1 amide bonds. The normalized spacial score (nSPS) is 22.9. The van der Waals surface area contributed by atoms with Gasteiger partial charge in [-0.3, -0.25) is 9.79 Å². The molecule has 2 aromatic carbocycles. The molecule has 1 saturated carbocycles. The third-order valence-corrected chi connectivity index (χ3v) is 7.80. The van der Waals surface area contributed by atoms with Crippen LogP contribution in [0.25, 0.3) is 0 Å². The molecule has 1 N–H and O–H groups in total. The number of nitrogens with zero attached hydrogens (tertiary/aromatic N) is 2. The lowest BCUT2D eigenvalue weighted by molar-refractivity contribution is -0.113. The summed E-state index contributed by atoms with van der Waals surface area (Å²) < 4.78 is 0.967. The molecule has 0 saturated heterocycles. The zero-order chi connectivity index (χ0) is 22.0. The van der Waals surface area contributed by atoms with Gasteiger partial charge in [0.15, 0.2) is 5.66 Å². The van der Waals surface area contributed by atoms with Crippen molar-refractivity contribution in [3.05, 3.63) is 62.5 Å². The lowest BCUT2D eigenvalue weighted by atomic mass is 9.83. The van der Waals surface area contributed by atoms with Gasteiger partial charge in [-0.1, -0.05) is 63.9 Å². The Labute approximate surface area is 205 Å². The van der Waals surface area contributed by atoms with Gasteiger partial charge in [-0.05, 0) is 68.0 Å². The predicted molar refractivity (Wildman–Crippen MR) is 136 cm³/mol. The number of carbonyl (C=O) groups is 1. The highest BCUT2D eigenvalue weighted by atomic mass is 79.9. The third kappa shape index (κ3) is 5.54. The lowest BCUT2D eigenvalue weighted by Gasteiger charge is -2.30. The number of carbonyl (C=O) groups excluding carboxylic acids is 1. The summed E-state index contributed by atoms with van der Waals surface area (Å²) >= 11 is 17.2. The van der Waals surface area contributed by atoms with Crippen molar-refractivity contribution in [2.45, 2.75) is 38.3 Å². The average Bonchev–Trinajstić information content (AvgIpc) is 3.11. The monoisotopic (exact) mass is 537 g/mol. The summed E-state index contributed by atoms with van der Waals surface area (Å²) in [6.07, 6.45) is 4.05. The van der Waals surface area contributed by atoms with Crippen molar-refractivity contribution in [1.29, 1.82) is 0 Å². The first-order valence-corrected chi connectivity index (χ1v) is 12.7. The van der Waals surface area contributed by atoms with Crippen LogP contribution in [0, 0.1) is 5.92 Å². The number of thioether (sulfide) groups is 1. The summed E-state index contributed by atoms with van der Waals surface area (Å²) in [6, 6.07) is 13.0. The largest absolute Gasteiger partial charge is 0.325 e. The highest BCUT2D eigenvalue weighted by Gasteiger charge is 2.39. The van der Waals surface area contributed by atoms with Gasteiger partial charge in [0.1, 0.15) is 5.04 Å². The molecule has 0 bridgehead atoms. The van der Waals surface area contributed by atoms with Crippen LogP contribution >= 0.6 is 50.9 Å². The predicted octanol–water partition coefficient (Wildman–Crippen LogP) is 7.24. The molecule has 0 aromatic heterocycles. The first kappa shape index (κ1) is 22.8. The molecule has 1 heterocycles. The van der Waals surface area contributed by atoms with Gasteiger partial charge in [0.25, 0.3) is 0 Å². The Morgan fingerprint density at radius 1 is 1.13 bits per heavy atom. The van der Waals surface area contributed by atoms with E-state index in [1.165, 1.54) is 11.8 Å². The van der Waals surface area contributed by atoms with Gasteiger partial charge in [0, 0.05) is 15.7 Å². The van der Waals surface area contributed by atoms with Crippen LogP contribution in [-0.4, -0.2) is 28.1 Å². The smallest absolute Gasteiger partial charge is 0.234 e. The van der Waals surface area contributed by atoms with Crippen molar-refractivity contribution in [2.24, 2.45) is 15.9 Å². The molecule has 2 aromatic rings. The van der Waals surface area contributed by atoms with E-state index in [1.54, 1.807) is 6.07 Å². The number of amides is 1. The minimum Gasteiger partial charge on any atom is -0.325 e. The number of aliphatic imine (C=N–C) groups is 2. The fourth-order valence-corrected chi connectivity index (χ4v) is 5.20.